The molecule has 0 radical (unpaired) electrons. The lowest BCUT2D eigenvalue weighted by molar-refractivity contribution is 0.0532. The number of epoxide rings is 1. The highest BCUT2D eigenvalue weighted by atomic mass is 16.6. The van der Waals surface area contributed by atoms with Crippen molar-refractivity contribution < 1.29 is 23.7 Å². The van der Waals surface area contributed by atoms with Crippen LogP contribution >= 0.6 is 0 Å². The lowest BCUT2D eigenvalue weighted by Gasteiger charge is -2.09. The summed E-state index contributed by atoms with van der Waals surface area (Å²) in [5, 5.41) is 0. The summed E-state index contributed by atoms with van der Waals surface area (Å²) in [6, 6.07) is 3.49. The van der Waals surface area contributed by atoms with Crippen LogP contribution in [0.15, 0.2) is 12.1 Å². The third-order valence-corrected chi connectivity index (χ3v) is 2.78. The molecule has 2 aliphatic heterocycles. The van der Waals surface area contributed by atoms with Crippen molar-refractivity contribution in [3.05, 3.63) is 23.3 Å². The van der Waals surface area contributed by atoms with Crippen LogP contribution in [0.4, 0.5) is 0 Å². The van der Waals surface area contributed by atoms with Crippen molar-refractivity contribution in [3.63, 3.8) is 0 Å². The molecule has 1 unspecified atom stereocenters. The monoisotopic (exact) mass is 236 g/mol. The molecule has 5 nitrogen and oxygen atoms in total. The Kier molecular flexibility index (Phi) is 2.40. The van der Waals surface area contributed by atoms with E-state index in [-0.39, 0.29) is 18.7 Å². The topological polar surface area (TPSA) is 57.3 Å². The van der Waals surface area contributed by atoms with E-state index < -0.39 is 0 Å². The zero-order valence-corrected chi connectivity index (χ0v) is 9.39. The van der Waals surface area contributed by atoms with Gasteiger partial charge < -0.3 is 18.9 Å². The first-order valence-corrected chi connectivity index (χ1v) is 5.40. The molecule has 3 rings (SSSR count). The van der Waals surface area contributed by atoms with Crippen LogP contribution in [-0.4, -0.2) is 32.4 Å². The quantitative estimate of drug-likeness (QED) is 0.579. The van der Waals surface area contributed by atoms with E-state index in [0.29, 0.717) is 23.7 Å². The van der Waals surface area contributed by atoms with Crippen LogP contribution in [0.1, 0.15) is 15.9 Å². The van der Waals surface area contributed by atoms with Crippen molar-refractivity contribution in [2.45, 2.75) is 12.7 Å². The molecular weight excluding hydrogens is 224 g/mol. The van der Waals surface area contributed by atoms with Gasteiger partial charge in [-0.2, -0.15) is 0 Å². The summed E-state index contributed by atoms with van der Waals surface area (Å²) >= 11 is 0. The molecule has 0 aliphatic carbocycles. The molecule has 1 aromatic carbocycles. The maximum atomic E-state index is 11.6. The molecule has 0 amide bonds. The van der Waals surface area contributed by atoms with Crippen molar-refractivity contribution >= 4 is 5.97 Å². The van der Waals surface area contributed by atoms with Crippen LogP contribution in [0.25, 0.3) is 0 Å². The summed E-state index contributed by atoms with van der Waals surface area (Å²) in [7, 11) is 1.58. The van der Waals surface area contributed by atoms with Crippen LogP contribution in [-0.2, 0) is 16.1 Å². The molecule has 1 atom stereocenters. The molecule has 90 valence electrons. The van der Waals surface area contributed by atoms with Crippen molar-refractivity contribution in [2.75, 3.05) is 20.3 Å². The number of rotatable bonds is 4. The van der Waals surface area contributed by atoms with Crippen molar-refractivity contribution in [2.24, 2.45) is 0 Å². The summed E-state index contributed by atoms with van der Waals surface area (Å²) < 4.78 is 20.8. The van der Waals surface area contributed by atoms with E-state index in [1.807, 2.05) is 0 Å². The van der Waals surface area contributed by atoms with Gasteiger partial charge in [0.1, 0.15) is 36.4 Å². The SMILES string of the molecule is COc1cc2c(c(OCC3CO3)c1)C(=O)OC2. The van der Waals surface area contributed by atoms with E-state index >= 15 is 0 Å². The van der Waals surface area contributed by atoms with E-state index in [0.717, 1.165) is 12.2 Å². The van der Waals surface area contributed by atoms with E-state index in [2.05, 4.69) is 0 Å². The fourth-order valence-electron chi connectivity index (χ4n) is 1.78. The van der Waals surface area contributed by atoms with E-state index in [4.69, 9.17) is 18.9 Å². The third kappa shape index (κ3) is 1.93. The normalized spacial score (nSPS) is 20.8. The van der Waals surface area contributed by atoms with E-state index in [1.165, 1.54) is 0 Å². The predicted octanol–water partition coefficient (Wildman–Crippen LogP) is 1.14. The minimum atomic E-state index is -0.339. The van der Waals surface area contributed by atoms with Crippen molar-refractivity contribution in [1.82, 2.24) is 0 Å². The minimum Gasteiger partial charge on any atom is -0.497 e. The maximum Gasteiger partial charge on any atom is 0.342 e. The molecule has 0 aromatic heterocycles. The smallest absolute Gasteiger partial charge is 0.342 e. The molecule has 17 heavy (non-hydrogen) atoms. The molecule has 5 heteroatoms. The number of ether oxygens (including phenoxy) is 4. The summed E-state index contributed by atoms with van der Waals surface area (Å²) in [6.45, 7) is 1.45. The number of fused-ring (bicyclic) bond motifs is 1. The third-order valence-electron chi connectivity index (χ3n) is 2.78. The second-order valence-electron chi connectivity index (χ2n) is 4.00. The second-order valence-corrected chi connectivity index (χ2v) is 4.00. The van der Waals surface area contributed by atoms with Crippen LogP contribution in [0.3, 0.4) is 0 Å². The van der Waals surface area contributed by atoms with Crippen LogP contribution in [0.5, 0.6) is 11.5 Å². The van der Waals surface area contributed by atoms with Gasteiger partial charge in [0.05, 0.1) is 13.7 Å². The van der Waals surface area contributed by atoms with Crippen LogP contribution in [0, 0.1) is 0 Å². The average Bonchev–Trinajstić information content (AvgIpc) is 3.10. The number of methoxy groups -OCH3 is 1. The molecule has 0 spiro atoms. The Morgan fingerprint density at radius 3 is 3.00 bits per heavy atom. The fraction of sp³-hybridized carbons (Fsp3) is 0.417. The van der Waals surface area contributed by atoms with Gasteiger partial charge in [0.25, 0.3) is 0 Å². The highest BCUT2D eigenvalue weighted by Crippen LogP contribution is 2.34. The number of esters is 1. The Morgan fingerprint density at radius 2 is 2.29 bits per heavy atom. The zero-order chi connectivity index (χ0) is 11.8. The Labute approximate surface area is 98.2 Å². The Hall–Kier alpha value is -1.75. The molecule has 0 saturated carbocycles. The molecule has 1 saturated heterocycles. The fourth-order valence-corrected chi connectivity index (χ4v) is 1.78. The maximum absolute atomic E-state index is 11.6. The van der Waals surface area contributed by atoms with Gasteiger partial charge in [0, 0.05) is 11.6 Å². The van der Waals surface area contributed by atoms with E-state index in [9.17, 15) is 4.79 Å². The number of benzene rings is 1. The summed E-state index contributed by atoms with van der Waals surface area (Å²) in [6.07, 6.45) is 0.147. The number of hydrogen-bond acceptors (Lipinski definition) is 5. The van der Waals surface area contributed by atoms with Gasteiger partial charge in [-0.3, -0.25) is 0 Å². The van der Waals surface area contributed by atoms with Crippen LogP contribution in [0.2, 0.25) is 0 Å². The first-order valence-electron chi connectivity index (χ1n) is 5.40. The Morgan fingerprint density at radius 1 is 1.47 bits per heavy atom. The number of carbonyl (C=O) groups is 1. The van der Waals surface area contributed by atoms with Crippen molar-refractivity contribution in [3.8, 4) is 11.5 Å². The molecule has 2 aliphatic rings. The predicted molar refractivity (Wildman–Crippen MR) is 57.3 cm³/mol. The van der Waals surface area contributed by atoms with Gasteiger partial charge in [-0.1, -0.05) is 0 Å². The van der Waals surface area contributed by atoms with Gasteiger partial charge in [-0.15, -0.1) is 0 Å². The summed E-state index contributed by atoms with van der Waals surface area (Å²) in [4.78, 5) is 11.6. The van der Waals surface area contributed by atoms with Gasteiger partial charge in [0.2, 0.25) is 0 Å². The molecule has 2 heterocycles. The Balaban J connectivity index is 1.92. The largest absolute Gasteiger partial charge is 0.497 e. The highest BCUT2D eigenvalue weighted by Gasteiger charge is 2.29. The molecule has 1 aromatic rings. The van der Waals surface area contributed by atoms with Gasteiger partial charge in [0.15, 0.2) is 0 Å². The number of cyclic esters (lactones) is 1. The molecule has 0 bridgehead atoms. The van der Waals surface area contributed by atoms with Gasteiger partial charge in [-0.05, 0) is 6.07 Å². The summed E-state index contributed by atoms with van der Waals surface area (Å²) in [5.41, 5.74) is 1.31. The first kappa shape index (κ1) is 10.4. The lowest BCUT2D eigenvalue weighted by atomic mass is 10.1. The van der Waals surface area contributed by atoms with Gasteiger partial charge in [-0.25, -0.2) is 4.79 Å². The minimum absolute atomic E-state index is 0.147. The second kappa shape index (κ2) is 3.92. The molecular formula is C12H12O5. The zero-order valence-electron chi connectivity index (χ0n) is 9.39. The number of hydrogen-bond donors (Lipinski definition) is 0. The molecule has 1 fully saturated rings. The van der Waals surface area contributed by atoms with Crippen molar-refractivity contribution in [1.29, 1.82) is 0 Å². The highest BCUT2D eigenvalue weighted by molar-refractivity contribution is 5.96. The average molecular weight is 236 g/mol. The Bertz CT molecular complexity index is 464. The van der Waals surface area contributed by atoms with E-state index in [1.54, 1.807) is 19.2 Å². The first-order chi connectivity index (χ1) is 8.28. The lowest BCUT2D eigenvalue weighted by Crippen LogP contribution is -2.08. The standard InChI is InChI=1S/C12H12O5/c1-14-8-2-7-4-17-12(13)11(7)10(3-8)16-6-9-5-15-9/h2-3,9H,4-6H2,1H3. The summed E-state index contributed by atoms with van der Waals surface area (Å²) in [5.74, 6) is 0.834. The molecule has 0 N–H and O–H groups in total. The van der Waals surface area contributed by atoms with Crippen LogP contribution < -0.4 is 9.47 Å². The number of carbonyl (C=O) groups excluding carboxylic acids is 1. The van der Waals surface area contributed by atoms with Gasteiger partial charge >= 0.3 is 5.97 Å².